The maximum absolute atomic E-state index is 13.1. The molecule has 2 fully saturated rings. The Morgan fingerprint density at radius 1 is 0.430 bits per heavy atom. The van der Waals surface area contributed by atoms with Gasteiger partial charge in [0.25, 0.3) is 0 Å². The average Bonchev–Trinajstić information content (AvgIpc) is 3.46. The van der Waals surface area contributed by atoms with E-state index in [1.165, 1.54) is 77.0 Å². The van der Waals surface area contributed by atoms with Crippen LogP contribution in [0, 0.1) is 0 Å². The molecule has 0 aliphatic carbocycles. The average molecular weight is 1110 g/mol. The van der Waals surface area contributed by atoms with Gasteiger partial charge in [0.15, 0.2) is 12.6 Å². The number of aliphatic hydroxyl groups excluding tert-OH is 7. The maximum atomic E-state index is 13.1. The smallest absolute Gasteiger partial charge is 0.306 e. The molecule has 0 aromatic carbocycles. The number of esters is 1. The van der Waals surface area contributed by atoms with Gasteiger partial charge in [-0.25, -0.2) is 0 Å². The Labute approximate surface area is 476 Å². The molecule has 0 aromatic rings. The Morgan fingerprint density at radius 2 is 0.823 bits per heavy atom. The van der Waals surface area contributed by atoms with Crippen LogP contribution >= 0.6 is 0 Å². The fourth-order valence-corrected chi connectivity index (χ4v) is 8.90. The molecular weight excluding hydrogens is 1000 g/mol. The molecular formula is C65H108O14. The molecule has 79 heavy (non-hydrogen) atoms. The van der Waals surface area contributed by atoms with Gasteiger partial charge >= 0.3 is 5.97 Å². The minimum atomic E-state index is -1.73. The molecule has 2 heterocycles. The van der Waals surface area contributed by atoms with E-state index in [0.29, 0.717) is 13.0 Å². The van der Waals surface area contributed by atoms with E-state index in [9.17, 15) is 40.5 Å². The lowest BCUT2D eigenvalue weighted by Crippen LogP contribution is -2.61. The second kappa shape index (κ2) is 50.4. The molecule has 14 nitrogen and oxygen atoms in total. The van der Waals surface area contributed by atoms with Crippen LogP contribution in [-0.2, 0) is 33.2 Å². The number of hydrogen-bond donors (Lipinski definition) is 7. The minimum Gasteiger partial charge on any atom is -0.457 e. The largest absolute Gasteiger partial charge is 0.457 e. The van der Waals surface area contributed by atoms with Gasteiger partial charge in [-0.2, -0.15) is 0 Å². The zero-order chi connectivity index (χ0) is 57.2. The van der Waals surface area contributed by atoms with Gasteiger partial charge in [0, 0.05) is 13.0 Å². The van der Waals surface area contributed by atoms with Gasteiger partial charge in [0.2, 0.25) is 0 Å². The molecule has 0 aromatic heterocycles. The summed E-state index contributed by atoms with van der Waals surface area (Å²) in [6, 6.07) is 0. The third-order valence-electron chi connectivity index (χ3n) is 13.8. The summed E-state index contributed by atoms with van der Waals surface area (Å²) < 4.78 is 34.3. The number of carbonyl (C=O) groups is 1. The van der Waals surface area contributed by atoms with E-state index in [1.807, 2.05) is 0 Å². The minimum absolute atomic E-state index is 0.0130. The Balaban J connectivity index is 1.73. The number of carbonyl (C=O) groups excluding carboxylic acids is 1. The van der Waals surface area contributed by atoms with Crippen molar-refractivity contribution < 1.29 is 69.0 Å². The molecule has 0 amide bonds. The van der Waals surface area contributed by atoms with Gasteiger partial charge in [-0.1, -0.05) is 200 Å². The van der Waals surface area contributed by atoms with Crippen molar-refractivity contribution in [3.8, 4) is 0 Å². The van der Waals surface area contributed by atoms with Crippen LogP contribution in [0.25, 0.3) is 0 Å². The number of rotatable bonds is 48. The summed E-state index contributed by atoms with van der Waals surface area (Å²) in [5.74, 6) is -0.403. The maximum Gasteiger partial charge on any atom is 0.306 e. The Morgan fingerprint density at radius 3 is 1.29 bits per heavy atom. The van der Waals surface area contributed by atoms with E-state index >= 15 is 0 Å². The van der Waals surface area contributed by atoms with Crippen molar-refractivity contribution in [1.82, 2.24) is 0 Å². The highest BCUT2D eigenvalue weighted by Gasteiger charge is 2.47. The van der Waals surface area contributed by atoms with Gasteiger partial charge in [0.1, 0.15) is 54.9 Å². The highest BCUT2D eigenvalue weighted by Crippen LogP contribution is 2.26. The highest BCUT2D eigenvalue weighted by molar-refractivity contribution is 5.69. The van der Waals surface area contributed by atoms with Gasteiger partial charge < -0.3 is 64.2 Å². The summed E-state index contributed by atoms with van der Waals surface area (Å²) in [7, 11) is 0. The molecule has 0 bridgehead atoms. The van der Waals surface area contributed by atoms with Crippen molar-refractivity contribution in [2.24, 2.45) is 0 Å². The predicted molar refractivity (Wildman–Crippen MR) is 316 cm³/mol. The lowest BCUT2D eigenvalue weighted by Gasteiger charge is -2.42. The summed E-state index contributed by atoms with van der Waals surface area (Å²) in [5.41, 5.74) is 0. The Kier molecular flexibility index (Phi) is 45.8. The van der Waals surface area contributed by atoms with Crippen molar-refractivity contribution >= 4 is 5.97 Å². The van der Waals surface area contributed by atoms with Crippen LogP contribution in [-0.4, -0.2) is 142 Å². The van der Waals surface area contributed by atoms with Gasteiger partial charge in [-0.05, 0) is 96.3 Å². The highest BCUT2D eigenvalue weighted by atomic mass is 16.7. The molecule has 11 unspecified atom stereocenters. The van der Waals surface area contributed by atoms with Crippen LogP contribution in [0.1, 0.15) is 194 Å². The van der Waals surface area contributed by atoms with Crippen LogP contribution in [0.3, 0.4) is 0 Å². The zero-order valence-electron chi connectivity index (χ0n) is 48.6. The molecule has 7 N–H and O–H groups in total. The van der Waals surface area contributed by atoms with Crippen molar-refractivity contribution in [1.29, 1.82) is 0 Å². The lowest BCUT2D eigenvalue weighted by atomic mass is 9.98. The van der Waals surface area contributed by atoms with Crippen molar-refractivity contribution in [2.75, 3.05) is 33.0 Å². The summed E-state index contributed by atoms with van der Waals surface area (Å²) in [4.78, 5) is 13.1. The SMILES string of the molecule is CC/C=C\C/C=C\C/C=C\C/C=C\C/C=C\C/C=C\CCCOCC(COC1OC(COC2OC(CO)C(O)C(O)C2O)C(O)C(O)C1O)OC(=O)CCCCCCCCCCCC/C=C\C/C=C\C/C=C\CCCCCCC. The zero-order valence-corrected chi connectivity index (χ0v) is 48.6. The quantitative estimate of drug-likeness (QED) is 0.0172. The monoisotopic (exact) mass is 1110 g/mol. The number of ether oxygens (including phenoxy) is 6. The van der Waals surface area contributed by atoms with Gasteiger partial charge in [0.05, 0.1) is 26.4 Å². The fraction of sp³-hybridized carbons (Fsp3) is 0.708. The van der Waals surface area contributed by atoms with Crippen molar-refractivity contribution in [3.63, 3.8) is 0 Å². The molecule has 0 saturated carbocycles. The number of unbranched alkanes of at least 4 members (excludes halogenated alkanes) is 16. The Hall–Kier alpha value is -3.35. The topological polar surface area (TPSA) is 214 Å². The molecule has 14 heteroatoms. The first kappa shape index (κ1) is 71.8. The van der Waals surface area contributed by atoms with Crippen LogP contribution in [0.5, 0.6) is 0 Å². The molecule has 2 rings (SSSR count). The molecule has 2 aliphatic rings. The second-order valence-electron chi connectivity index (χ2n) is 20.8. The van der Waals surface area contributed by atoms with Crippen LogP contribution < -0.4 is 0 Å². The van der Waals surface area contributed by atoms with Crippen molar-refractivity contribution in [3.05, 3.63) is 109 Å². The first-order valence-corrected chi connectivity index (χ1v) is 30.5. The van der Waals surface area contributed by atoms with E-state index < -0.39 is 86.7 Å². The predicted octanol–water partition coefficient (Wildman–Crippen LogP) is 11.5. The number of aliphatic hydroxyl groups is 7. The summed E-state index contributed by atoms with van der Waals surface area (Å²) in [6.07, 6.45) is 53.0. The number of allylic oxidation sites excluding steroid dienone is 18. The van der Waals surface area contributed by atoms with Crippen LogP contribution in [0.2, 0.25) is 0 Å². The second-order valence-corrected chi connectivity index (χ2v) is 20.8. The molecule has 2 saturated heterocycles. The lowest BCUT2D eigenvalue weighted by molar-refractivity contribution is -0.332. The van der Waals surface area contributed by atoms with E-state index in [1.54, 1.807) is 0 Å². The molecule has 11 atom stereocenters. The normalized spacial score (nSPS) is 24.8. The Bertz CT molecular complexity index is 1720. The van der Waals surface area contributed by atoms with E-state index in [4.69, 9.17) is 28.4 Å². The van der Waals surface area contributed by atoms with E-state index in [-0.39, 0.29) is 19.6 Å². The third kappa shape index (κ3) is 36.7. The van der Waals surface area contributed by atoms with Gasteiger partial charge in [-0.3, -0.25) is 4.79 Å². The molecule has 0 radical (unpaired) electrons. The van der Waals surface area contributed by atoms with Crippen molar-refractivity contribution in [2.45, 2.75) is 261 Å². The van der Waals surface area contributed by atoms with Crippen LogP contribution in [0.15, 0.2) is 109 Å². The summed E-state index contributed by atoms with van der Waals surface area (Å²) >= 11 is 0. The standard InChI is InChI=1S/C65H108O14/c1-3-5-7-9-11-13-15-17-19-21-23-25-26-27-28-29-30-32-34-36-38-40-42-44-46-48-57(67)77-54(51-74-49-47-45-43-41-39-37-35-33-31-24-22-20-18-16-14-12-10-8-6-4-2)52-75-64-63(73)61(71)59(69)56(79-64)53-76-65-62(72)60(70)58(68)55(50-66)78-65/h6,8,12,14-15,17-18,20-21,23-24,26-27,31,35,37,41,43,54-56,58-66,68-73H,3-5,7,9-11,13,16,19,22,25,28-30,32-34,36,38-40,42,44-53H2,1-2H3/b8-6-,14-12-,17-15-,20-18-,23-21-,27-26-,31-24-,37-35-,43-41-. The number of hydrogen-bond acceptors (Lipinski definition) is 14. The first-order chi connectivity index (χ1) is 38.6. The molecule has 2 aliphatic heterocycles. The summed E-state index contributed by atoms with van der Waals surface area (Å²) in [6.45, 7) is 3.39. The van der Waals surface area contributed by atoms with E-state index in [2.05, 4.69) is 123 Å². The van der Waals surface area contributed by atoms with Crippen LogP contribution in [0.4, 0.5) is 0 Å². The third-order valence-corrected chi connectivity index (χ3v) is 13.8. The van der Waals surface area contributed by atoms with Gasteiger partial charge in [-0.15, -0.1) is 0 Å². The molecule has 0 spiro atoms. The summed E-state index contributed by atoms with van der Waals surface area (Å²) in [5, 5.41) is 72.4. The first-order valence-electron chi connectivity index (χ1n) is 30.5. The fourth-order valence-electron chi connectivity index (χ4n) is 8.90. The molecule has 452 valence electrons. The van der Waals surface area contributed by atoms with E-state index in [0.717, 1.165) is 89.9 Å².